The molecule has 0 radical (unpaired) electrons. The predicted octanol–water partition coefficient (Wildman–Crippen LogP) is 2.40. The molecule has 19 heavy (non-hydrogen) atoms. The van der Waals surface area contributed by atoms with Crippen molar-refractivity contribution in [3.63, 3.8) is 0 Å². The zero-order valence-corrected chi connectivity index (χ0v) is 11.9. The Morgan fingerprint density at radius 1 is 1.37 bits per heavy atom. The summed E-state index contributed by atoms with van der Waals surface area (Å²) in [7, 11) is 0. The van der Waals surface area contributed by atoms with Crippen molar-refractivity contribution in [1.82, 2.24) is 10.2 Å². The average Bonchev–Trinajstić information content (AvgIpc) is 2.50. The molecule has 1 aromatic rings. The Hall–Kier alpha value is -1.37. The van der Waals surface area contributed by atoms with Crippen LogP contribution in [-0.4, -0.2) is 30.6 Å². The summed E-state index contributed by atoms with van der Waals surface area (Å²) in [5, 5.41) is 12.5. The highest BCUT2D eigenvalue weighted by Crippen LogP contribution is 2.23. The highest BCUT2D eigenvalue weighted by Gasteiger charge is 2.30. The fraction of sp³-hybridized carbons (Fsp3) is 0.562. The molecule has 2 rings (SSSR count). The molecule has 1 fully saturated rings. The third-order valence-electron chi connectivity index (χ3n) is 3.69. The minimum atomic E-state index is 0.249. The van der Waals surface area contributed by atoms with Crippen molar-refractivity contribution >= 4 is 0 Å². The van der Waals surface area contributed by atoms with Gasteiger partial charge in [0.2, 0.25) is 0 Å². The van der Waals surface area contributed by atoms with Crippen LogP contribution in [0.15, 0.2) is 30.3 Å². The topological polar surface area (TPSA) is 39.1 Å². The number of nitrogens with one attached hydrogen (secondary N) is 1. The van der Waals surface area contributed by atoms with Crippen LogP contribution in [0.25, 0.3) is 0 Å². The maximum absolute atomic E-state index is 9.02. The summed E-state index contributed by atoms with van der Waals surface area (Å²) in [5.41, 5.74) is 1.57. The van der Waals surface area contributed by atoms with Crippen molar-refractivity contribution in [2.45, 2.75) is 32.9 Å². The number of nitrogens with zero attached hydrogens (tertiary/aromatic N) is 2. The maximum atomic E-state index is 9.02. The molecule has 1 heterocycles. The fourth-order valence-electron chi connectivity index (χ4n) is 2.75. The van der Waals surface area contributed by atoms with Crippen molar-refractivity contribution in [1.29, 1.82) is 5.26 Å². The number of hydrogen-bond donors (Lipinski definition) is 1. The fourth-order valence-corrected chi connectivity index (χ4v) is 2.75. The van der Waals surface area contributed by atoms with Crippen molar-refractivity contribution in [3.8, 4) is 6.07 Å². The van der Waals surface area contributed by atoms with Gasteiger partial charge in [-0.2, -0.15) is 5.26 Å². The monoisotopic (exact) mass is 257 g/mol. The molecule has 0 amide bonds. The van der Waals surface area contributed by atoms with Crippen molar-refractivity contribution < 1.29 is 0 Å². The van der Waals surface area contributed by atoms with E-state index in [1.807, 2.05) is 6.07 Å². The lowest BCUT2D eigenvalue weighted by molar-refractivity contribution is 0.150. The van der Waals surface area contributed by atoms with Gasteiger partial charge in [0, 0.05) is 32.2 Å². The second-order valence-electron chi connectivity index (χ2n) is 6.20. The molecule has 0 aliphatic carbocycles. The van der Waals surface area contributed by atoms with E-state index in [4.69, 9.17) is 5.26 Å². The van der Waals surface area contributed by atoms with Gasteiger partial charge in [-0.3, -0.25) is 4.90 Å². The van der Waals surface area contributed by atoms with E-state index in [-0.39, 0.29) is 5.41 Å². The molecular weight excluding hydrogens is 234 g/mol. The molecule has 0 spiro atoms. The lowest BCUT2D eigenvalue weighted by Crippen LogP contribution is -2.40. The molecule has 0 aromatic heterocycles. The smallest absolute Gasteiger partial charge is 0.0638 e. The van der Waals surface area contributed by atoms with Gasteiger partial charge in [-0.25, -0.2) is 0 Å². The van der Waals surface area contributed by atoms with Crippen LogP contribution >= 0.6 is 0 Å². The largest absolute Gasteiger partial charge is 0.315 e. The Balaban J connectivity index is 2.13. The Labute approximate surface area is 116 Å². The lowest BCUT2D eigenvalue weighted by atomic mass is 9.93. The van der Waals surface area contributed by atoms with Crippen LogP contribution in [-0.2, 0) is 6.54 Å². The van der Waals surface area contributed by atoms with E-state index < -0.39 is 0 Å². The molecule has 0 bridgehead atoms. The van der Waals surface area contributed by atoms with Crippen LogP contribution in [0.5, 0.6) is 0 Å². The molecule has 1 aliphatic rings. The molecule has 1 N–H and O–H groups in total. The molecule has 3 nitrogen and oxygen atoms in total. The van der Waals surface area contributed by atoms with E-state index in [1.54, 1.807) is 0 Å². The number of hydrogen-bond acceptors (Lipinski definition) is 3. The van der Waals surface area contributed by atoms with E-state index in [0.29, 0.717) is 12.5 Å². The molecule has 102 valence electrons. The van der Waals surface area contributed by atoms with Gasteiger partial charge in [0.05, 0.1) is 12.5 Å². The first-order valence-corrected chi connectivity index (χ1v) is 6.96. The van der Waals surface area contributed by atoms with Crippen LogP contribution in [0, 0.1) is 16.7 Å². The van der Waals surface area contributed by atoms with E-state index in [0.717, 1.165) is 26.2 Å². The Morgan fingerprint density at radius 3 is 2.79 bits per heavy atom. The van der Waals surface area contributed by atoms with Crippen molar-refractivity contribution in [3.05, 3.63) is 35.9 Å². The average molecular weight is 257 g/mol. The molecule has 1 unspecified atom stereocenters. The highest BCUT2D eigenvalue weighted by atomic mass is 15.2. The van der Waals surface area contributed by atoms with Gasteiger partial charge in [-0.1, -0.05) is 44.2 Å². The molecule has 1 aromatic carbocycles. The van der Waals surface area contributed by atoms with Crippen LogP contribution in [0.3, 0.4) is 0 Å². The van der Waals surface area contributed by atoms with Crippen LogP contribution < -0.4 is 5.32 Å². The summed E-state index contributed by atoms with van der Waals surface area (Å²) in [5.74, 6) is 0. The third-order valence-corrected chi connectivity index (χ3v) is 3.69. The third kappa shape index (κ3) is 4.05. The van der Waals surface area contributed by atoms with Gasteiger partial charge in [-0.15, -0.1) is 0 Å². The highest BCUT2D eigenvalue weighted by molar-refractivity contribution is 5.15. The Kier molecular flexibility index (Phi) is 4.57. The second kappa shape index (κ2) is 6.18. The zero-order valence-electron chi connectivity index (χ0n) is 11.9. The van der Waals surface area contributed by atoms with E-state index in [1.165, 1.54) is 5.56 Å². The minimum absolute atomic E-state index is 0.249. The minimum Gasteiger partial charge on any atom is -0.315 e. The summed E-state index contributed by atoms with van der Waals surface area (Å²) in [4.78, 5) is 2.46. The van der Waals surface area contributed by atoms with Crippen molar-refractivity contribution in [2.75, 3.05) is 19.6 Å². The van der Waals surface area contributed by atoms with Gasteiger partial charge >= 0.3 is 0 Å². The first-order valence-electron chi connectivity index (χ1n) is 6.96. The summed E-state index contributed by atoms with van der Waals surface area (Å²) < 4.78 is 0. The standard InChI is InChI=1S/C16H23N3/c1-16(2)12-18-10-15(8-9-17)19(13-16)11-14-6-4-3-5-7-14/h3-7,15,18H,8,10-13H2,1-2H3. The maximum Gasteiger partial charge on any atom is 0.0638 e. The molecule has 3 heteroatoms. The number of rotatable bonds is 3. The van der Waals surface area contributed by atoms with Crippen LogP contribution in [0.1, 0.15) is 25.8 Å². The Morgan fingerprint density at radius 2 is 2.11 bits per heavy atom. The number of benzene rings is 1. The summed E-state index contributed by atoms with van der Waals surface area (Å²) in [6.07, 6.45) is 0.593. The van der Waals surface area contributed by atoms with E-state index in [2.05, 4.69) is 54.4 Å². The molecule has 0 saturated carbocycles. The molecule has 1 atom stereocenters. The summed E-state index contributed by atoms with van der Waals surface area (Å²) in [6, 6.07) is 13.2. The first kappa shape index (κ1) is 14.0. The van der Waals surface area contributed by atoms with Gasteiger partial charge in [0.15, 0.2) is 0 Å². The zero-order chi connectivity index (χ0) is 13.7. The SMILES string of the molecule is CC1(C)CNCC(CC#N)N(Cc2ccccc2)C1. The van der Waals surface area contributed by atoms with Crippen LogP contribution in [0.4, 0.5) is 0 Å². The molecule has 1 aliphatic heterocycles. The lowest BCUT2D eigenvalue weighted by Gasteiger charge is -2.33. The first-order chi connectivity index (χ1) is 9.11. The quantitative estimate of drug-likeness (QED) is 0.903. The van der Waals surface area contributed by atoms with E-state index in [9.17, 15) is 0 Å². The van der Waals surface area contributed by atoms with Gasteiger partial charge in [0.25, 0.3) is 0 Å². The van der Waals surface area contributed by atoms with E-state index >= 15 is 0 Å². The summed E-state index contributed by atoms with van der Waals surface area (Å²) >= 11 is 0. The Bertz CT molecular complexity index is 433. The summed E-state index contributed by atoms with van der Waals surface area (Å²) in [6.45, 7) is 8.45. The second-order valence-corrected chi connectivity index (χ2v) is 6.20. The molecular formula is C16H23N3. The number of nitriles is 1. The van der Waals surface area contributed by atoms with Gasteiger partial charge < -0.3 is 5.32 Å². The van der Waals surface area contributed by atoms with Crippen LogP contribution in [0.2, 0.25) is 0 Å². The molecule has 1 saturated heterocycles. The van der Waals surface area contributed by atoms with Crippen molar-refractivity contribution in [2.24, 2.45) is 5.41 Å². The normalized spacial score (nSPS) is 23.5. The van der Waals surface area contributed by atoms with Gasteiger partial charge in [0.1, 0.15) is 0 Å². The predicted molar refractivity (Wildman–Crippen MR) is 77.5 cm³/mol. The van der Waals surface area contributed by atoms with Gasteiger partial charge in [-0.05, 0) is 11.0 Å².